The third-order valence-electron chi connectivity index (χ3n) is 9.22. The van der Waals surface area contributed by atoms with E-state index in [9.17, 15) is 8.42 Å². The lowest BCUT2D eigenvalue weighted by Gasteiger charge is -2.56. The molecule has 1 saturated heterocycles. The lowest BCUT2D eigenvalue weighted by molar-refractivity contribution is -0.0870. The molecule has 242 valence electrons. The van der Waals surface area contributed by atoms with Gasteiger partial charge in [0.05, 0.1) is 12.8 Å². The maximum Gasteiger partial charge on any atom is 0.257 e. The van der Waals surface area contributed by atoms with Gasteiger partial charge in [0.25, 0.3) is 10.0 Å². The Morgan fingerprint density at radius 2 is 1.40 bits per heavy atom. The van der Waals surface area contributed by atoms with Crippen molar-refractivity contribution in [2.75, 3.05) is 19.7 Å². The van der Waals surface area contributed by atoms with Gasteiger partial charge >= 0.3 is 0 Å². The van der Waals surface area contributed by atoms with E-state index in [-0.39, 0.29) is 29.6 Å². The molecule has 0 unspecified atom stereocenters. The van der Waals surface area contributed by atoms with Crippen LogP contribution in [0.15, 0.2) is 144 Å². The van der Waals surface area contributed by atoms with Crippen LogP contribution in [0.3, 0.4) is 0 Å². The summed E-state index contributed by atoms with van der Waals surface area (Å²) in [5, 5.41) is 0.142. The van der Waals surface area contributed by atoms with Gasteiger partial charge in [-0.2, -0.15) is 0 Å². The number of hydrogen-bond donors (Lipinski definition) is 1. The molecule has 1 aliphatic heterocycles. The monoisotopic (exact) mass is 710 g/mol. The third kappa shape index (κ3) is 6.51. The van der Waals surface area contributed by atoms with E-state index in [1.165, 1.54) is 6.20 Å². The van der Waals surface area contributed by atoms with Crippen LogP contribution < -0.4 is 4.72 Å². The number of imidazole rings is 1. The number of rotatable bonds is 13. The number of nitrogens with one attached hydrogen (secondary N) is 1. The zero-order chi connectivity index (χ0) is 33.0. The molecule has 0 amide bonds. The molecule has 9 heteroatoms. The molecular formula is C38H39BrN4O3S. The van der Waals surface area contributed by atoms with Gasteiger partial charge in [-0.1, -0.05) is 125 Å². The number of nitrogens with zero attached hydrogens (tertiary/aromatic N) is 3. The first-order valence-electron chi connectivity index (χ1n) is 15.7. The van der Waals surface area contributed by atoms with Crippen molar-refractivity contribution in [3.63, 3.8) is 0 Å². The maximum absolute atomic E-state index is 13.4. The molecule has 3 atom stereocenters. The minimum absolute atomic E-state index is 0.0148. The number of aryl methyl sites for hydroxylation is 1. The van der Waals surface area contributed by atoms with Crippen LogP contribution in [-0.2, 0) is 27.4 Å². The zero-order valence-electron chi connectivity index (χ0n) is 26.5. The Morgan fingerprint density at radius 1 is 0.872 bits per heavy atom. The fourth-order valence-corrected chi connectivity index (χ4v) is 8.27. The Kier molecular flexibility index (Phi) is 9.91. The van der Waals surface area contributed by atoms with Gasteiger partial charge in [-0.3, -0.25) is 4.90 Å². The summed E-state index contributed by atoms with van der Waals surface area (Å²) in [6, 6.07) is 39.1. The lowest BCUT2D eigenvalue weighted by Crippen LogP contribution is -2.67. The van der Waals surface area contributed by atoms with Crippen LogP contribution in [-0.4, -0.2) is 54.6 Å². The molecule has 47 heavy (non-hydrogen) atoms. The van der Waals surface area contributed by atoms with Crippen molar-refractivity contribution in [2.24, 2.45) is 7.05 Å². The smallest absolute Gasteiger partial charge is 0.257 e. The highest BCUT2D eigenvalue weighted by atomic mass is 79.9. The van der Waals surface area contributed by atoms with Crippen LogP contribution in [0.4, 0.5) is 0 Å². The second kappa shape index (κ2) is 14.1. The predicted molar refractivity (Wildman–Crippen MR) is 190 cm³/mol. The average Bonchev–Trinajstić information content (AvgIpc) is 3.44. The van der Waals surface area contributed by atoms with E-state index >= 15 is 0 Å². The van der Waals surface area contributed by atoms with Crippen LogP contribution in [0.1, 0.15) is 34.0 Å². The topological polar surface area (TPSA) is 76.5 Å². The van der Waals surface area contributed by atoms with E-state index in [1.807, 2.05) is 72.8 Å². The second-order valence-corrected chi connectivity index (χ2v) is 14.5. The van der Waals surface area contributed by atoms with Gasteiger partial charge in [0.2, 0.25) is 0 Å². The average molecular weight is 712 g/mol. The molecule has 2 heterocycles. The number of sulfonamides is 1. The number of hydrogen-bond acceptors (Lipinski definition) is 5. The number of likely N-dealkylation sites (tertiary alicyclic amines) is 1. The molecule has 0 aliphatic carbocycles. The number of aromatic nitrogens is 2. The largest absolute Gasteiger partial charge is 0.359 e. The standard InChI is InChI=1S/C38H39BrN4O3S/c1-4-24-43-34(25-41-47(44,45)36-26-40-28(2)42(36)3)37(29-20-22-33(39)23-21-29)35(43)27-46-38(30-14-8-5-9-15-30,31-16-10-6-11-17-31)32-18-12-7-13-19-32/h4-23,26,34-35,37,41H,1,24-25,27H2,2-3H3/t34-,35+,37-/m0/s1. The van der Waals surface area contributed by atoms with Gasteiger partial charge < -0.3 is 9.30 Å². The Hall–Kier alpha value is -3.86. The molecule has 1 aliphatic rings. The van der Waals surface area contributed by atoms with Gasteiger partial charge in [0.15, 0.2) is 5.03 Å². The van der Waals surface area contributed by atoms with E-state index in [0.717, 1.165) is 26.7 Å². The number of ether oxygens (including phenoxy) is 1. The number of benzene rings is 4. The summed E-state index contributed by atoms with van der Waals surface area (Å²) in [5.74, 6) is 0.616. The van der Waals surface area contributed by atoms with Crippen molar-refractivity contribution in [2.45, 2.75) is 35.6 Å². The highest BCUT2D eigenvalue weighted by Gasteiger charge is 2.50. The predicted octanol–water partition coefficient (Wildman–Crippen LogP) is 6.80. The normalized spacial score (nSPS) is 18.5. The summed E-state index contributed by atoms with van der Waals surface area (Å²) in [6.45, 7) is 7.01. The SMILES string of the molecule is C=CCN1[C@H](COC(c2ccccc2)(c2ccccc2)c2ccccc2)[C@@H](c2ccc(Br)cc2)[C@@H]1CNS(=O)(=O)c1cnc(C)n1C. The first-order chi connectivity index (χ1) is 22.8. The summed E-state index contributed by atoms with van der Waals surface area (Å²) in [7, 11) is -2.08. The van der Waals surface area contributed by atoms with E-state index in [2.05, 4.69) is 85.6 Å². The molecule has 0 radical (unpaired) electrons. The van der Waals surface area contributed by atoms with Crippen molar-refractivity contribution in [1.82, 2.24) is 19.2 Å². The molecule has 1 aromatic heterocycles. The van der Waals surface area contributed by atoms with Crippen LogP contribution in [0.5, 0.6) is 0 Å². The summed E-state index contributed by atoms with van der Waals surface area (Å²) < 4.78 is 39.6. The Morgan fingerprint density at radius 3 is 1.87 bits per heavy atom. The van der Waals surface area contributed by atoms with Crippen molar-refractivity contribution in [3.05, 3.63) is 167 Å². The lowest BCUT2D eigenvalue weighted by atomic mass is 9.74. The molecule has 5 aromatic rings. The van der Waals surface area contributed by atoms with Crippen molar-refractivity contribution in [3.8, 4) is 0 Å². The van der Waals surface area contributed by atoms with Crippen molar-refractivity contribution < 1.29 is 13.2 Å². The number of halogens is 1. The van der Waals surface area contributed by atoms with Gasteiger partial charge in [-0.05, 0) is 41.3 Å². The fraction of sp³-hybridized carbons (Fsp3) is 0.237. The van der Waals surface area contributed by atoms with Crippen LogP contribution in [0.25, 0.3) is 0 Å². The molecule has 0 bridgehead atoms. The minimum atomic E-state index is -3.79. The summed E-state index contributed by atoms with van der Waals surface area (Å²) in [6.07, 6.45) is 3.27. The molecular weight excluding hydrogens is 672 g/mol. The quantitative estimate of drug-likeness (QED) is 0.108. The second-order valence-electron chi connectivity index (χ2n) is 11.8. The summed E-state index contributed by atoms with van der Waals surface area (Å²) in [4.78, 5) is 6.49. The van der Waals surface area contributed by atoms with Crippen molar-refractivity contribution >= 4 is 26.0 Å². The van der Waals surface area contributed by atoms with Crippen LogP contribution in [0.2, 0.25) is 0 Å². The van der Waals surface area contributed by atoms with Gasteiger partial charge in [0, 0.05) is 42.6 Å². The zero-order valence-corrected chi connectivity index (χ0v) is 28.9. The Bertz CT molecular complexity index is 1800. The van der Waals surface area contributed by atoms with E-state index in [4.69, 9.17) is 4.74 Å². The molecule has 0 spiro atoms. The Balaban J connectivity index is 1.38. The summed E-state index contributed by atoms with van der Waals surface area (Å²) >= 11 is 3.58. The maximum atomic E-state index is 13.4. The summed E-state index contributed by atoms with van der Waals surface area (Å²) in [5.41, 5.74) is 3.33. The van der Waals surface area contributed by atoms with Crippen molar-refractivity contribution in [1.29, 1.82) is 0 Å². The third-order valence-corrected chi connectivity index (χ3v) is 11.2. The van der Waals surface area contributed by atoms with Gasteiger partial charge in [0.1, 0.15) is 11.4 Å². The first-order valence-corrected chi connectivity index (χ1v) is 17.9. The van der Waals surface area contributed by atoms with Gasteiger partial charge in [-0.15, -0.1) is 6.58 Å². The van der Waals surface area contributed by atoms with E-state index in [0.29, 0.717) is 19.0 Å². The highest BCUT2D eigenvalue weighted by molar-refractivity contribution is 9.10. The Labute approximate surface area is 286 Å². The molecule has 6 rings (SSSR count). The van der Waals surface area contributed by atoms with Gasteiger partial charge in [-0.25, -0.2) is 18.1 Å². The van der Waals surface area contributed by atoms with E-state index in [1.54, 1.807) is 18.5 Å². The minimum Gasteiger partial charge on any atom is -0.359 e. The highest BCUT2D eigenvalue weighted by Crippen LogP contribution is 2.45. The molecule has 1 N–H and O–H groups in total. The molecule has 7 nitrogen and oxygen atoms in total. The van der Waals surface area contributed by atoms with Crippen LogP contribution in [0, 0.1) is 6.92 Å². The molecule has 1 fully saturated rings. The fourth-order valence-electron chi connectivity index (χ4n) is 6.79. The van der Waals surface area contributed by atoms with Crippen LogP contribution >= 0.6 is 15.9 Å². The molecule has 0 saturated carbocycles. The van der Waals surface area contributed by atoms with E-state index < -0.39 is 15.6 Å². The first kappa shape index (κ1) is 33.1. The molecule has 4 aromatic carbocycles.